The number of fused-ring (bicyclic) bond motifs is 1. The average Bonchev–Trinajstić information content (AvgIpc) is 2.77. The van der Waals surface area contributed by atoms with Gasteiger partial charge in [-0.05, 0) is 31.4 Å². The lowest BCUT2D eigenvalue weighted by Gasteiger charge is -2.40. The Balaban J connectivity index is 1.91. The number of para-hydroxylation sites is 1. The summed E-state index contributed by atoms with van der Waals surface area (Å²) in [4.78, 5) is 2.25. The third-order valence-electron chi connectivity index (χ3n) is 3.80. The van der Waals surface area contributed by atoms with E-state index in [9.17, 15) is 4.39 Å². The summed E-state index contributed by atoms with van der Waals surface area (Å²) >= 11 is 0. The second-order valence-corrected chi connectivity index (χ2v) is 4.70. The number of nitrogens with one attached hydrogen (secondary N) is 1. The number of hydrogen-bond acceptors (Lipinski definition) is 2. The number of nitrogens with zero attached hydrogens (tertiary/aromatic N) is 1. The maximum atomic E-state index is 13.8. The quantitative estimate of drug-likeness (QED) is 0.780. The van der Waals surface area contributed by atoms with Crippen molar-refractivity contribution in [2.24, 2.45) is 0 Å². The van der Waals surface area contributed by atoms with Crippen LogP contribution in [-0.4, -0.2) is 25.2 Å². The molecule has 1 N–H and O–H groups in total. The number of benzene rings is 1. The third kappa shape index (κ3) is 1.59. The summed E-state index contributed by atoms with van der Waals surface area (Å²) in [6.07, 6.45) is 3.68. The molecule has 0 radical (unpaired) electrons. The molecule has 1 aliphatic carbocycles. The highest BCUT2D eigenvalue weighted by atomic mass is 19.1. The zero-order valence-electron chi connectivity index (χ0n) is 9.32. The highest BCUT2D eigenvalue weighted by Crippen LogP contribution is 2.31. The van der Waals surface area contributed by atoms with Crippen LogP contribution in [-0.2, 0) is 0 Å². The summed E-state index contributed by atoms with van der Waals surface area (Å²) in [5.41, 5.74) is 0.779. The van der Waals surface area contributed by atoms with Crippen LogP contribution in [0.15, 0.2) is 24.3 Å². The van der Waals surface area contributed by atoms with Gasteiger partial charge in [0, 0.05) is 25.2 Å². The summed E-state index contributed by atoms with van der Waals surface area (Å²) in [5.74, 6) is -0.0879. The Morgan fingerprint density at radius 2 is 2.12 bits per heavy atom. The van der Waals surface area contributed by atoms with Crippen LogP contribution in [0.5, 0.6) is 0 Å². The molecule has 0 aromatic heterocycles. The highest BCUT2D eigenvalue weighted by molar-refractivity contribution is 5.49. The fraction of sp³-hybridized carbons (Fsp3) is 0.538. The minimum atomic E-state index is -0.0879. The third-order valence-corrected chi connectivity index (χ3v) is 3.80. The topological polar surface area (TPSA) is 15.3 Å². The van der Waals surface area contributed by atoms with E-state index in [2.05, 4.69) is 10.2 Å². The lowest BCUT2D eigenvalue weighted by Crippen LogP contribution is -2.55. The Bertz CT molecular complexity index is 380. The van der Waals surface area contributed by atoms with Gasteiger partial charge in [-0.2, -0.15) is 0 Å². The molecule has 2 fully saturated rings. The van der Waals surface area contributed by atoms with Gasteiger partial charge >= 0.3 is 0 Å². The maximum absolute atomic E-state index is 13.8. The van der Waals surface area contributed by atoms with Crippen molar-refractivity contribution in [3.8, 4) is 0 Å². The van der Waals surface area contributed by atoms with E-state index in [-0.39, 0.29) is 5.82 Å². The Morgan fingerprint density at radius 3 is 3.00 bits per heavy atom. The normalized spacial score (nSPS) is 29.2. The second kappa shape index (κ2) is 4.06. The summed E-state index contributed by atoms with van der Waals surface area (Å²) < 4.78 is 13.8. The van der Waals surface area contributed by atoms with E-state index in [0.29, 0.717) is 12.1 Å². The Labute approximate surface area is 95.4 Å². The minimum Gasteiger partial charge on any atom is -0.363 e. The van der Waals surface area contributed by atoms with Crippen molar-refractivity contribution < 1.29 is 4.39 Å². The molecule has 2 nitrogen and oxygen atoms in total. The van der Waals surface area contributed by atoms with Gasteiger partial charge in [0.2, 0.25) is 0 Å². The van der Waals surface area contributed by atoms with Crippen LogP contribution in [0.3, 0.4) is 0 Å². The van der Waals surface area contributed by atoms with E-state index in [1.54, 1.807) is 12.1 Å². The smallest absolute Gasteiger partial charge is 0.146 e. The van der Waals surface area contributed by atoms with Crippen LogP contribution in [0.1, 0.15) is 19.3 Å². The van der Waals surface area contributed by atoms with Gasteiger partial charge in [0.1, 0.15) is 5.82 Å². The molecule has 1 aromatic carbocycles. The first-order valence-electron chi connectivity index (χ1n) is 6.11. The minimum absolute atomic E-state index is 0.0879. The first-order chi connectivity index (χ1) is 7.86. The van der Waals surface area contributed by atoms with Crippen LogP contribution in [0, 0.1) is 5.82 Å². The molecule has 16 heavy (non-hydrogen) atoms. The first kappa shape index (κ1) is 10.1. The van der Waals surface area contributed by atoms with Gasteiger partial charge in [0.05, 0.1) is 5.69 Å². The molecule has 86 valence electrons. The maximum Gasteiger partial charge on any atom is 0.146 e. The molecule has 0 bridgehead atoms. The Kier molecular flexibility index (Phi) is 2.56. The number of piperazine rings is 1. The lowest BCUT2D eigenvalue weighted by molar-refractivity contribution is 0.400. The summed E-state index contributed by atoms with van der Waals surface area (Å²) in [5, 5.41) is 3.54. The van der Waals surface area contributed by atoms with Crippen LogP contribution >= 0.6 is 0 Å². The van der Waals surface area contributed by atoms with E-state index in [1.165, 1.54) is 19.3 Å². The van der Waals surface area contributed by atoms with E-state index >= 15 is 0 Å². The zero-order chi connectivity index (χ0) is 11.0. The molecule has 0 spiro atoms. The molecule has 2 atom stereocenters. The van der Waals surface area contributed by atoms with Gasteiger partial charge in [0.15, 0.2) is 0 Å². The van der Waals surface area contributed by atoms with Crippen LogP contribution in [0.25, 0.3) is 0 Å². The fourth-order valence-electron chi connectivity index (χ4n) is 3.07. The number of anilines is 1. The number of halogens is 1. The van der Waals surface area contributed by atoms with Crippen LogP contribution in [0.2, 0.25) is 0 Å². The van der Waals surface area contributed by atoms with Crippen molar-refractivity contribution in [3.05, 3.63) is 30.1 Å². The second-order valence-electron chi connectivity index (χ2n) is 4.70. The molecule has 3 rings (SSSR count). The Hall–Kier alpha value is -1.09. The zero-order valence-corrected chi connectivity index (χ0v) is 9.32. The molecule has 0 unspecified atom stereocenters. The summed E-state index contributed by atoms with van der Waals surface area (Å²) in [6.45, 7) is 1.89. The molecule has 1 saturated carbocycles. The number of rotatable bonds is 1. The van der Waals surface area contributed by atoms with Gasteiger partial charge in [-0.1, -0.05) is 12.1 Å². The van der Waals surface area contributed by atoms with Gasteiger partial charge in [-0.25, -0.2) is 4.39 Å². The molecule has 2 aliphatic rings. The van der Waals surface area contributed by atoms with Crippen molar-refractivity contribution >= 4 is 5.69 Å². The highest BCUT2D eigenvalue weighted by Gasteiger charge is 2.35. The standard InChI is InChI=1S/C13H17FN2/c14-10-4-1-2-6-12(10)16-9-8-15-11-5-3-7-13(11)16/h1-2,4,6,11,13,15H,3,5,7-9H2/t11-,13+/m1/s1. The van der Waals surface area contributed by atoms with Crippen LogP contribution in [0.4, 0.5) is 10.1 Å². The van der Waals surface area contributed by atoms with E-state index in [0.717, 1.165) is 18.8 Å². The van der Waals surface area contributed by atoms with Crippen molar-refractivity contribution in [2.45, 2.75) is 31.3 Å². The van der Waals surface area contributed by atoms with E-state index in [1.807, 2.05) is 12.1 Å². The average molecular weight is 220 g/mol. The monoisotopic (exact) mass is 220 g/mol. The van der Waals surface area contributed by atoms with Gasteiger partial charge in [0.25, 0.3) is 0 Å². The van der Waals surface area contributed by atoms with Crippen molar-refractivity contribution in [3.63, 3.8) is 0 Å². The van der Waals surface area contributed by atoms with E-state index < -0.39 is 0 Å². The molecular formula is C13H17FN2. The van der Waals surface area contributed by atoms with Gasteiger partial charge < -0.3 is 10.2 Å². The predicted molar refractivity (Wildman–Crippen MR) is 63.2 cm³/mol. The summed E-state index contributed by atoms with van der Waals surface area (Å²) in [6, 6.07) is 8.19. The molecule has 0 amide bonds. The first-order valence-corrected chi connectivity index (χ1v) is 6.11. The molecule has 3 heteroatoms. The predicted octanol–water partition coefficient (Wildman–Crippen LogP) is 2.16. The SMILES string of the molecule is Fc1ccccc1N1CCN[C@@H]2CCC[C@@H]21. The van der Waals surface area contributed by atoms with Crippen LogP contribution < -0.4 is 10.2 Å². The summed E-state index contributed by atoms with van der Waals surface area (Å²) in [7, 11) is 0. The molecule has 1 aliphatic heterocycles. The van der Waals surface area contributed by atoms with Gasteiger partial charge in [-0.15, -0.1) is 0 Å². The van der Waals surface area contributed by atoms with Crippen molar-refractivity contribution in [1.29, 1.82) is 0 Å². The molecular weight excluding hydrogens is 203 g/mol. The fourth-order valence-corrected chi connectivity index (χ4v) is 3.07. The molecule has 1 aromatic rings. The largest absolute Gasteiger partial charge is 0.363 e. The Morgan fingerprint density at radius 1 is 1.25 bits per heavy atom. The molecule has 1 heterocycles. The van der Waals surface area contributed by atoms with Crippen molar-refractivity contribution in [1.82, 2.24) is 5.32 Å². The van der Waals surface area contributed by atoms with E-state index in [4.69, 9.17) is 0 Å². The van der Waals surface area contributed by atoms with Crippen molar-refractivity contribution in [2.75, 3.05) is 18.0 Å². The number of hydrogen-bond donors (Lipinski definition) is 1. The lowest BCUT2D eigenvalue weighted by atomic mass is 10.1. The van der Waals surface area contributed by atoms with Gasteiger partial charge in [-0.3, -0.25) is 0 Å². The molecule has 1 saturated heterocycles.